The predicted molar refractivity (Wildman–Crippen MR) is 100 cm³/mol. The molecule has 0 spiro atoms. The van der Waals surface area contributed by atoms with Crippen molar-refractivity contribution in [1.82, 2.24) is 4.90 Å². The van der Waals surface area contributed by atoms with Crippen LogP contribution in [0.5, 0.6) is 0 Å². The average molecular weight is 356 g/mol. The summed E-state index contributed by atoms with van der Waals surface area (Å²) in [6.45, 7) is 9.64. The van der Waals surface area contributed by atoms with E-state index in [1.807, 2.05) is 46.8 Å². The third-order valence-corrected chi connectivity index (χ3v) is 6.01. The molecule has 2 atom stereocenters. The van der Waals surface area contributed by atoms with Crippen molar-refractivity contribution in [3.63, 3.8) is 0 Å². The number of rotatable bonds is 2. The van der Waals surface area contributed by atoms with Crippen LogP contribution in [0.2, 0.25) is 0 Å². The van der Waals surface area contributed by atoms with Gasteiger partial charge < -0.3 is 5.32 Å². The molecule has 2 fully saturated rings. The molecule has 5 heteroatoms. The van der Waals surface area contributed by atoms with Crippen molar-refractivity contribution in [3.05, 3.63) is 29.3 Å². The van der Waals surface area contributed by atoms with Gasteiger partial charge in [-0.15, -0.1) is 0 Å². The van der Waals surface area contributed by atoms with Crippen molar-refractivity contribution in [3.8, 4) is 0 Å². The van der Waals surface area contributed by atoms with Crippen LogP contribution in [0.25, 0.3) is 0 Å². The van der Waals surface area contributed by atoms with Crippen LogP contribution < -0.4 is 5.32 Å². The lowest BCUT2D eigenvalue weighted by Crippen LogP contribution is -2.63. The minimum Gasteiger partial charge on any atom is -0.326 e. The maximum atomic E-state index is 13.2. The zero-order valence-electron chi connectivity index (χ0n) is 16.5. The van der Waals surface area contributed by atoms with Crippen LogP contribution in [0, 0.1) is 30.1 Å². The van der Waals surface area contributed by atoms with E-state index in [0.29, 0.717) is 19.3 Å². The predicted octanol–water partition coefficient (Wildman–Crippen LogP) is 3.44. The van der Waals surface area contributed by atoms with Crippen LogP contribution in [0.3, 0.4) is 0 Å². The van der Waals surface area contributed by atoms with Gasteiger partial charge >= 0.3 is 0 Å². The van der Waals surface area contributed by atoms with Gasteiger partial charge in [-0.05, 0) is 56.4 Å². The summed E-state index contributed by atoms with van der Waals surface area (Å²) in [7, 11) is 1.55. The Morgan fingerprint density at radius 1 is 0.923 bits per heavy atom. The number of nitrogens with one attached hydrogen (secondary N) is 1. The highest BCUT2D eigenvalue weighted by Gasteiger charge is 2.62. The summed E-state index contributed by atoms with van der Waals surface area (Å²) < 4.78 is 0. The number of hydrogen-bond acceptors (Lipinski definition) is 3. The number of imide groups is 1. The second-order valence-corrected chi connectivity index (χ2v) is 9.21. The van der Waals surface area contributed by atoms with Gasteiger partial charge in [-0.1, -0.05) is 26.8 Å². The van der Waals surface area contributed by atoms with Crippen LogP contribution >= 0.6 is 0 Å². The summed E-state index contributed by atoms with van der Waals surface area (Å²) in [5, 5.41) is 3.02. The summed E-state index contributed by atoms with van der Waals surface area (Å²) in [5.41, 5.74) is 0.767. The highest BCUT2D eigenvalue weighted by Crippen LogP contribution is 2.58. The van der Waals surface area contributed by atoms with Crippen LogP contribution in [-0.2, 0) is 14.4 Å². The Labute approximate surface area is 155 Å². The van der Waals surface area contributed by atoms with Gasteiger partial charge in [0.2, 0.25) is 17.7 Å². The second-order valence-electron chi connectivity index (χ2n) is 9.21. The SMILES string of the molecule is Cc1cc(C)cc(NC(=O)C2(C)CC3(C)CC(C)(C2)C(=O)N(C)C3=O)c1. The zero-order valence-corrected chi connectivity index (χ0v) is 16.5. The van der Waals surface area contributed by atoms with Gasteiger partial charge in [-0.3, -0.25) is 19.3 Å². The van der Waals surface area contributed by atoms with Crippen LogP contribution in [-0.4, -0.2) is 29.7 Å². The molecular weight excluding hydrogens is 328 g/mol. The fourth-order valence-electron chi connectivity index (χ4n) is 5.46. The van der Waals surface area contributed by atoms with Gasteiger partial charge in [0.05, 0.1) is 0 Å². The highest BCUT2D eigenvalue weighted by molar-refractivity contribution is 6.05. The Morgan fingerprint density at radius 2 is 1.38 bits per heavy atom. The van der Waals surface area contributed by atoms with Gasteiger partial charge in [-0.25, -0.2) is 0 Å². The number of amides is 3. The number of carbonyl (C=O) groups excluding carboxylic acids is 3. The van der Waals surface area contributed by atoms with E-state index in [4.69, 9.17) is 0 Å². The number of carbonyl (C=O) groups is 3. The van der Waals surface area contributed by atoms with Crippen molar-refractivity contribution in [2.45, 2.75) is 53.9 Å². The largest absolute Gasteiger partial charge is 0.326 e. The average Bonchev–Trinajstić information content (AvgIpc) is 2.49. The molecule has 1 saturated carbocycles. The maximum Gasteiger partial charge on any atom is 0.234 e. The molecule has 1 aliphatic heterocycles. The Bertz CT molecular complexity index is 765. The number of nitrogens with zero attached hydrogens (tertiary/aromatic N) is 1. The fraction of sp³-hybridized carbons (Fsp3) is 0.571. The lowest BCUT2D eigenvalue weighted by molar-refractivity contribution is -0.177. The van der Waals surface area contributed by atoms with Crippen molar-refractivity contribution in [2.24, 2.45) is 16.2 Å². The van der Waals surface area contributed by atoms with Crippen LogP contribution in [0.1, 0.15) is 51.2 Å². The molecule has 1 aromatic carbocycles. The molecule has 1 aromatic rings. The van der Waals surface area contributed by atoms with Gasteiger partial charge in [-0.2, -0.15) is 0 Å². The number of hydrogen-bond donors (Lipinski definition) is 1. The monoisotopic (exact) mass is 356 g/mol. The molecule has 1 saturated heterocycles. The molecule has 3 amide bonds. The first-order valence-electron chi connectivity index (χ1n) is 9.11. The molecule has 2 bridgehead atoms. The molecule has 3 rings (SSSR count). The molecule has 1 N–H and O–H groups in total. The lowest BCUT2D eigenvalue weighted by atomic mass is 9.51. The number of piperidine rings is 1. The van der Waals surface area contributed by atoms with Crippen LogP contribution in [0.4, 0.5) is 5.69 Å². The van der Waals surface area contributed by atoms with Crippen molar-refractivity contribution >= 4 is 23.4 Å². The molecule has 5 nitrogen and oxygen atoms in total. The van der Waals surface area contributed by atoms with Crippen molar-refractivity contribution in [2.75, 3.05) is 12.4 Å². The van der Waals surface area contributed by atoms with E-state index in [9.17, 15) is 14.4 Å². The van der Waals surface area contributed by atoms with Gasteiger partial charge in [0.1, 0.15) is 0 Å². The van der Waals surface area contributed by atoms with E-state index < -0.39 is 16.2 Å². The number of anilines is 1. The number of aryl methyl sites for hydroxylation is 2. The molecule has 140 valence electrons. The first-order valence-corrected chi connectivity index (χ1v) is 9.11. The molecule has 0 radical (unpaired) electrons. The van der Waals surface area contributed by atoms with E-state index in [0.717, 1.165) is 16.8 Å². The third-order valence-electron chi connectivity index (χ3n) is 6.01. The molecule has 26 heavy (non-hydrogen) atoms. The summed E-state index contributed by atoms with van der Waals surface area (Å²) in [5.74, 6) is -0.472. The molecule has 2 unspecified atom stereocenters. The topological polar surface area (TPSA) is 66.5 Å². The first kappa shape index (κ1) is 18.6. The van der Waals surface area contributed by atoms with Crippen LogP contribution in [0.15, 0.2) is 18.2 Å². The Kier molecular flexibility index (Phi) is 4.05. The summed E-state index contributed by atoms with van der Waals surface area (Å²) >= 11 is 0. The standard InChI is InChI=1S/C21H28N2O3/c1-13-7-14(2)9-15(8-13)22-16(24)19(3)10-20(4)12-21(5,11-19)18(26)23(6)17(20)25/h7-9H,10-12H2,1-6H3,(H,22,24). The Balaban J connectivity index is 1.93. The molecular formula is C21H28N2O3. The van der Waals surface area contributed by atoms with E-state index in [1.165, 1.54) is 4.90 Å². The van der Waals surface area contributed by atoms with E-state index >= 15 is 0 Å². The normalized spacial score (nSPS) is 34.0. The maximum absolute atomic E-state index is 13.2. The summed E-state index contributed by atoms with van der Waals surface area (Å²) in [6, 6.07) is 5.93. The van der Waals surface area contributed by atoms with E-state index in [1.54, 1.807) is 7.05 Å². The smallest absolute Gasteiger partial charge is 0.234 e. The lowest BCUT2D eigenvalue weighted by Gasteiger charge is -2.55. The first-order chi connectivity index (χ1) is 11.9. The Morgan fingerprint density at radius 3 is 1.85 bits per heavy atom. The second kappa shape index (κ2) is 5.66. The van der Waals surface area contributed by atoms with E-state index in [-0.39, 0.29) is 17.7 Å². The summed E-state index contributed by atoms with van der Waals surface area (Å²) in [4.78, 5) is 39.9. The molecule has 1 aliphatic carbocycles. The van der Waals surface area contributed by atoms with Crippen molar-refractivity contribution < 1.29 is 14.4 Å². The Hall–Kier alpha value is -2.17. The zero-order chi connectivity index (χ0) is 19.5. The quantitative estimate of drug-likeness (QED) is 0.826. The minimum absolute atomic E-state index is 0.121. The van der Waals surface area contributed by atoms with Gasteiger partial charge in [0, 0.05) is 29.0 Å². The van der Waals surface area contributed by atoms with Gasteiger partial charge in [0.15, 0.2) is 0 Å². The summed E-state index contributed by atoms with van der Waals surface area (Å²) in [6.07, 6.45) is 1.40. The molecule has 1 heterocycles. The number of likely N-dealkylation sites (tertiary alicyclic amines) is 1. The minimum atomic E-state index is -0.772. The number of benzene rings is 1. The highest BCUT2D eigenvalue weighted by atomic mass is 16.2. The van der Waals surface area contributed by atoms with Gasteiger partial charge in [0.25, 0.3) is 0 Å². The fourth-order valence-corrected chi connectivity index (χ4v) is 5.46. The number of fused-ring (bicyclic) bond motifs is 2. The van der Waals surface area contributed by atoms with E-state index in [2.05, 4.69) is 11.4 Å². The molecule has 0 aromatic heterocycles. The van der Waals surface area contributed by atoms with Crippen molar-refractivity contribution in [1.29, 1.82) is 0 Å². The molecule has 2 aliphatic rings. The third kappa shape index (κ3) is 2.83.